The molecule has 1 unspecified atom stereocenters. The van der Waals surface area contributed by atoms with Gasteiger partial charge in [-0.25, -0.2) is 4.39 Å². The third kappa shape index (κ3) is 3.33. The fourth-order valence-corrected chi connectivity index (χ4v) is 2.22. The smallest absolute Gasteiger partial charge is 0.293 e. The van der Waals surface area contributed by atoms with E-state index in [1.54, 1.807) is 24.3 Å². The summed E-state index contributed by atoms with van der Waals surface area (Å²) in [6, 6.07) is 10.7. The van der Waals surface area contributed by atoms with Crippen molar-refractivity contribution in [1.82, 2.24) is 0 Å². The molecule has 2 aromatic carbocycles. The molecule has 0 saturated carbocycles. The molecular weight excluding hydrogens is 327 g/mol. The molecule has 4 nitrogen and oxygen atoms in total. The molecule has 0 amide bonds. The summed E-state index contributed by atoms with van der Waals surface area (Å²) in [6.07, 6.45) is 0. The molecule has 1 N–H and O–H groups in total. The number of benzene rings is 2. The Labute approximate surface area is 123 Å². The number of halogens is 2. The second-order valence-corrected chi connectivity index (χ2v) is 5.26. The van der Waals surface area contributed by atoms with Crippen molar-refractivity contribution in [2.75, 3.05) is 5.32 Å². The minimum Gasteiger partial charge on any atom is -0.373 e. The molecule has 0 heterocycles. The first-order valence-corrected chi connectivity index (χ1v) is 6.72. The first-order chi connectivity index (χ1) is 9.47. The number of rotatable bonds is 4. The van der Waals surface area contributed by atoms with Gasteiger partial charge in [0.1, 0.15) is 11.5 Å². The minimum atomic E-state index is -0.453. The third-order valence-electron chi connectivity index (χ3n) is 2.88. The van der Waals surface area contributed by atoms with Gasteiger partial charge in [-0.3, -0.25) is 10.1 Å². The van der Waals surface area contributed by atoms with E-state index in [9.17, 15) is 14.5 Å². The average Bonchev–Trinajstić information content (AvgIpc) is 2.40. The lowest BCUT2D eigenvalue weighted by atomic mass is 10.1. The van der Waals surface area contributed by atoms with E-state index in [1.807, 2.05) is 6.92 Å². The van der Waals surface area contributed by atoms with Gasteiger partial charge in [-0.1, -0.05) is 28.1 Å². The first kappa shape index (κ1) is 14.5. The Morgan fingerprint density at radius 3 is 2.70 bits per heavy atom. The summed E-state index contributed by atoms with van der Waals surface area (Å²) in [5.74, 6) is -0.332. The van der Waals surface area contributed by atoms with E-state index in [4.69, 9.17) is 0 Å². The molecule has 6 heteroatoms. The predicted octanol–water partition coefficient (Wildman–Crippen LogP) is 4.67. The van der Waals surface area contributed by atoms with Crippen LogP contribution in [0.15, 0.2) is 46.9 Å². The van der Waals surface area contributed by atoms with Crippen LogP contribution in [0.4, 0.5) is 15.8 Å². The Morgan fingerprint density at radius 2 is 2.05 bits per heavy atom. The zero-order valence-electron chi connectivity index (χ0n) is 10.6. The zero-order chi connectivity index (χ0) is 14.7. The van der Waals surface area contributed by atoms with Crippen molar-refractivity contribution in [2.24, 2.45) is 0 Å². The van der Waals surface area contributed by atoms with Gasteiger partial charge in [-0.2, -0.15) is 0 Å². The SMILES string of the molecule is CC(Nc1ccc(Br)cc1[N+](=O)[O-])c1cccc(F)c1. The first-order valence-electron chi connectivity index (χ1n) is 5.93. The van der Waals surface area contributed by atoms with Crippen LogP contribution in [-0.2, 0) is 0 Å². The molecule has 0 aliphatic rings. The van der Waals surface area contributed by atoms with Crippen LogP contribution in [0.5, 0.6) is 0 Å². The van der Waals surface area contributed by atoms with Crippen molar-refractivity contribution >= 4 is 27.3 Å². The molecule has 0 aliphatic carbocycles. The molecule has 0 aromatic heterocycles. The summed E-state index contributed by atoms with van der Waals surface area (Å²) in [5.41, 5.74) is 1.10. The van der Waals surface area contributed by atoms with Gasteiger partial charge in [0, 0.05) is 16.6 Å². The third-order valence-corrected chi connectivity index (χ3v) is 3.37. The number of nitro groups is 1. The summed E-state index contributed by atoms with van der Waals surface area (Å²) >= 11 is 3.20. The van der Waals surface area contributed by atoms with Crippen LogP contribution in [0, 0.1) is 15.9 Å². The molecule has 0 fully saturated rings. The van der Waals surface area contributed by atoms with Gasteiger partial charge >= 0.3 is 0 Å². The topological polar surface area (TPSA) is 55.2 Å². The van der Waals surface area contributed by atoms with Crippen molar-refractivity contribution in [3.05, 3.63) is 68.4 Å². The van der Waals surface area contributed by atoms with E-state index >= 15 is 0 Å². The molecule has 0 bridgehead atoms. The Hall–Kier alpha value is -1.95. The summed E-state index contributed by atoms with van der Waals surface area (Å²) in [5, 5.41) is 14.1. The van der Waals surface area contributed by atoms with Crippen LogP contribution in [0.2, 0.25) is 0 Å². The quantitative estimate of drug-likeness (QED) is 0.651. The molecule has 20 heavy (non-hydrogen) atoms. The molecule has 0 spiro atoms. The van der Waals surface area contributed by atoms with E-state index < -0.39 is 4.92 Å². The molecule has 2 aromatic rings. The normalized spacial score (nSPS) is 11.9. The van der Waals surface area contributed by atoms with E-state index in [0.717, 1.165) is 5.56 Å². The minimum absolute atomic E-state index is 0.0253. The number of nitrogens with one attached hydrogen (secondary N) is 1. The number of anilines is 1. The van der Waals surface area contributed by atoms with Crippen molar-refractivity contribution in [3.63, 3.8) is 0 Å². The summed E-state index contributed by atoms with van der Waals surface area (Å²) < 4.78 is 13.8. The maximum atomic E-state index is 13.2. The Kier molecular flexibility index (Phi) is 4.34. The van der Waals surface area contributed by atoms with E-state index in [1.165, 1.54) is 18.2 Å². The molecule has 0 radical (unpaired) electrons. The fourth-order valence-electron chi connectivity index (χ4n) is 1.87. The maximum Gasteiger partial charge on any atom is 0.293 e. The van der Waals surface area contributed by atoms with Gasteiger partial charge in [0.15, 0.2) is 0 Å². The van der Waals surface area contributed by atoms with Crippen molar-refractivity contribution < 1.29 is 9.31 Å². The highest BCUT2D eigenvalue weighted by Crippen LogP contribution is 2.30. The van der Waals surface area contributed by atoms with Crippen LogP contribution in [0.25, 0.3) is 0 Å². The largest absolute Gasteiger partial charge is 0.373 e. The van der Waals surface area contributed by atoms with Gasteiger partial charge < -0.3 is 5.32 Å². The summed E-state index contributed by atoms with van der Waals surface area (Å²) in [6.45, 7) is 1.82. The Balaban J connectivity index is 2.28. The van der Waals surface area contributed by atoms with Crippen LogP contribution in [0.3, 0.4) is 0 Å². The molecule has 1 atom stereocenters. The van der Waals surface area contributed by atoms with Crippen molar-refractivity contribution in [1.29, 1.82) is 0 Å². The van der Waals surface area contributed by atoms with E-state index in [-0.39, 0.29) is 17.5 Å². The van der Waals surface area contributed by atoms with Crippen LogP contribution in [0.1, 0.15) is 18.5 Å². The van der Waals surface area contributed by atoms with Gasteiger partial charge in [0.2, 0.25) is 0 Å². The molecule has 0 aliphatic heterocycles. The molecule has 0 saturated heterocycles. The second kappa shape index (κ2) is 6.00. The van der Waals surface area contributed by atoms with Gasteiger partial charge in [0.25, 0.3) is 5.69 Å². The van der Waals surface area contributed by atoms with Gasteiger partial charge in [-0.15, -0.1) is 0 Å². The number of nitro benzene ring substituents is 1. The zero-order valence-corrected chi connectivity index (χ0v) is 12.2. The fraction of sp³-hybridized carbons (Fsp3) is 0.143. The monoisotopic (exact) mass is 338 g/mol. The van der Waals surface area contributed by atoms with Crippen LogP contribution in [-0.4, -0.2) is 4.92 Å². The average molecular weight is 339 g/mol. The summed E-state index contributed by atoms with van der Waals surface area (Å²) in [4.78, 5) is 10.6. The molecular formula is C14H12BrFN2O2. The number of nitrogens with zero attached hydrogens (tertiary/aromatic N) is 1. The van der Waals surface area contributed by atoms with E-state index in [2.05, 4.69) is 21.2 Å². The standard InChI is InChI=1S/C14H12BrFN2O2/c1-9(10-3-2-4-12(16)7-10)17-13-6-5-11(15)8-14(13)18(19)20/h2-9,17H,1H3. The second-order valence-electron chi connectivity index (χ2n) is 4.34. The highest BCUT2D eigenvalue weighted by molar-refractivity contribution is 9.10. The number of hydrogen-bond acceptors (Lipinski definition) is 3. The van der Waals surface area contributed by atoms with Gasteiger partial charge in [-0.05, 0) is 36.8 Å². The highest BCUT2D eigenvalue weighted by Gasteiger charge is 2.16. The Bertz CT molecular complexity index is 649. The lowest BCUT2D eigenvalue weighted by molar-refractivity contribution is -0.384. The van der Waals surface area contributed by atoms with Crippen molar-refractivity contribution in [3.8, 4) is 0 Å². The van der Waals surface area contributed by atoms with Crippen LogP contribution >= 0.6 is 15.9 Å². The maximum absolute atomic E-state index is 13.2. The lowest BCUT2D eigenvalue weighted by Gasteiger charge is -2.16. The highest BCUT2D eigenvalue weighted by atomic mass is 79.9. The van der Waals surface area contributed by atoms with E-state index in [0.29, 0.717) is 10.2 Å². The Morgan fingerprint density at radius 1 is 1.30 bits per heavy atom. The van der Waals surface area contributed by atoms with Crippen LogP contribution < -0.4 is 5.32 Å². The molecule has 2 rings (SSSR count). The predicted molar refractivity (Wildman–Crippen MR) is 79.2 cm³/mol. The number of hydrogen-bond donors (Lipinski definition) is 1. The van der Waals surface area contributed by atoms with Gasteiger partial charge in [0.05, 0.1) is 4.92 Å². The molecule has 104 valence electrons. The summed E-state index contributed by atoms with van der Waals surface area (Å²) in [7, 11) is 0. The lowest BCUT2D eigenvalue weighted by Crippen LogP contribution is -2.08. The van der Waals surface area contributed by atoms with Crippen molar-refractivity contribution in [2.45, 2.75) is 13.0 Å².